The van der Waals surface area contributed by atoms with E-state index in [1.165, 1.54) is 0 Å². The van der Waals surface area contributed by atoms with Crippen LogP contribution in [0.3, 0.4) is 0 Å². The second-order valence-corrected chi connectivity index (χ2v) is 2.38. The largest absolute Gasteiger partial charge is 0.454 e. The fourth-order valence-corrected chi connectivity index (χ4v) is 0.897. The Morgan fingerprint density at radius 2 is 2.27 bits per heavy atom. The fraction of sp³-hybridized carbons (Fsp3) is 0.333. The van der Waals surface area contributed by atoms with Crippen LogP contribution in [-0.2, 0) is 9.47 Å². The van der Waals surface area contributed by atoms with Gasteiger partial charge in [-0.3, -0.25) is 0 Å². The summed E-state index contributed by atoms with van der Waals surface area (Å²) in [5, 5.41) is 0. The van der Waals surface area contributed by atoms with Crippen molar-refractivity contribution in [1.82, 2.24) is 0 Å². The molecule has 0 spiro atoms. The zero-order valence-electron chi connectivity index (χ0n) is 6.89. The van der Waals surface area contributed by atoms with Crippen LogP contribution in [0.5, 0.6) is 0 Å². The minimum atomic E-state index is 0.307. The summed E-state index contributed by atoms with van der Waals surface area (Å²) in [6.07, 6.45) is 3.78. The zero-order chi connectivity index (χ0) is 8.27. The lowest BCUT2D eigenvalue weighted by atomic mass is 10.2. The van der Waals surface area contributed by atoms with E-state index in [-0.39, 0.29) is 0 Å². The van der Waals surface area contributed by atoms with E-state index in [4.69, 9.17) is 9.47 Å². The van der Waals surface area contributed by atoms with E-state index in [9.17, 15) is 0 Å². The zero-order valence-corrected chi connectivity index (χ0v) is 6.89. The van der Waals surface area contributed by atoms with Crippen molar-refractivity contribution < 1.29 is 9.47 Å². The Morgan fingerprint density at radius 1 is 1.55 bits per heavy atom. The van der Waals surface area contributed by atoms with E-state index in [1.54, 1.807) is 0 Å². The fourth-order valence-electron chi connectivity index (χ4n) is 0.897. The average molecular weight is 152 g/mol. The van der Waals surface area contributed by atoms with Gasteiger partial charge in [0.1, 0.15) is 0 Å². The van der Waals surface area contributed by atoms with Crippen molar-refractivity contribution in [2.75, 3.05) is 6.79 Å². The van der Waals surface area contributed by atoms with Crippen molar-refractivity contribution in [2.24, 2.45) is 0 Å². The molecular formula is C9H12O2. The average Bonchev–Trinajstić information content (AvgIpc) is 2.36. The molecule has 0 aliphatic carbocycles. The molecular weight excluding hydrogens is 140 g/mol. The second-order valence-electron chi connectivity index (χ2n) is 2.38. The van der Waals surface area contributed by atoms with E-state index in [0.717, 1.165) is 17.1 Å². The van der Waals surface area contributed by atoms with Crippen LogP contribution in [0.4, 0.5) is 0 Å². The first-order chi connectivity index (χ1) is 5.25. The van der Waals surface area contributed by atoms with Gasteiger partial charge in [0.25, 0.3) is 0 Å². The van der Waals surface area contributed by atoms with Crippen LogP contribution in [0.15, 0.2) is 35.8 Å². The molecule has 0 aromatic rings. The number of rotatable bonds is 2. The molecule has 0 atom stereocenters. The molecule has 0 amide bonds. The molecule has 0 aromatic heterocycles. The highest BCUT2D eigenvalue weighted by atomic mass is 16.7. The van der Waals surface area contributed by atoms with Crippen molar-refractivity contribution in [1.29, 1.82) is 0 Å². The van der Waals surface area contributed by atoms with Gasteiger partial charge in [0.2, 0.25) is 6.79 Å². The first-order valence-electron chi connectivity index (χ1n) is 3.54. The van der Waals surface area contributed by atoms with Crippen LogP contribution in [0, 0.1) is 0 Å². The summed E-state index contributed by atoms with van der Waals surface area (Å²) in [4.78, 5) is 0. The Kier molecular flexibility index (Phi) is 2.36. The van der Waals surface area contributed by atoms with Crippen molar-refractivity contribution in [2.45, 2.75) is 13.8 Å². The molecule has 1 aliphatic heterocycles. The van der Waals surface area contributed by atoms with Crippen molar-refractivity contribution in [3.05, 3.63) is 35.8 Å². The third-order valence-electron chi connectivity index (χ3n) is 1.35. The van der Waals surface area contributed by atoms with Gasteiger partial charge in [-0.05, 0) is 25.5 Å². The van der Waals surface area contributed by atoms with Gasteiger partial charge in [0.05, 0.1) is 0 Å². The Morgan fingerprint density at radius 3 is 2.82 bits per heavy atom. The van der Waals surface area contributed by atoms with E-state index in [2.05, 4.69) is 6.58 Å². The number of hydrogen-bond donors (Lipinski definition) is 0. The maximum Gasteiger partial charge on any atom is 0.231 e. The highest BCUT2D eigenvalue weighted by Crippen LogP contribution is 2.22. The molecule has 2 nitrogen and oxygen atoms in total. The van der Waals surface area contributed by atoms with Crippen molar-refractivity contribution in [3.8, 4) is 0 Å². The highest BCUT2D eigenvalue weighted by molar-refractivity contribution is 5.30. The Labute approximate surface area is 66.8 Å². The lowest BCUT2D eigenvalue weighted by molar-refractivity contribution is 0.0767. The first kappa shape index (κ1) is 7.92. The summed E-state index contributed by atoms with van der Waals surface area (Å²) in [6, 6.07) is 0. The third-order valence-corrected chi connectivity index (χ3v) is 1.35. The van der Waals surface area contributed by atoms with Gasteiger partial charge in [0, 0.05) is 0 Å². The van der Waals surface area contributed by atoms with E-state index >= 15 is 0 Å². The lowest BCUT2D eigenvalue weighted by Gasteiger charge is -1.97. The monoisotopic (exact) mass is 152 g/mol. The number of hydrogen-bond acceptors (Lipinski definition) is 2. The predicted octanol–water partition coefficient (Wildman–Crippen LogP) is 2.35. The van der Waals surface area contributed by atoms with Gasteiger partial charge in [0.15, 0.2) is 11.5 Å². The SMILES string of the molecule is C=C(C)C1=C(/C=C\C)OCO1. The second kappa shape index (κ2) is 3.28. The molecule has 11 heavy (non-hydrogen) atoms. The molecule has 0 N–H and O–H groups in total. The van der Waals surface area contributed by atoms with E-state index in [1.807, 2.05) is 26.0 Å². The Hall–Kier alpha value is -1.18. The van der Waals surface area contributed by atoms with Crippen LogP contribution >= 0.6 is 0 Å². The molecule has 0 unspecified atom stereocenters. The summed E-state index contributed by atoms with van der Waals surface area (Å²) in [5.41, 5.74) is 0.899. The molecule has 0 bridgehead atoms. The van der Waals surface area contributed by atoms with Crippen molar-refractivity contribution in [3.63, 3.8) is 0 Å². The van der Waals surface area contributed by atoms with Crippen LogP contribution in [0.25, 0.3) is 0 Å². The Balaban J connectivity index is 2.86. The van der Waals surface area contributed by atoms with Gasteiger partial charge in [-0.2, -0.15) is 0 Å². The quantitative estimate of drug-likeness (QED) is 0.604. The molecule has 60 valence electrons. The van der Waals surface area contributed by atoms with Crippen molar-refractivity contribution >= 4 is 0 Å². The molecule has 1 rings (SSSR count). The standard InChI is InChI=1S/C9H12O2/c1-4-5-8-9(7(2)3)11-6-10-8/h4-5H,2,6H2,1,3H3/b5-4-. The minimum Gasteiger partial charge on any atom is -0.454 e. The highest BCUT2D eigenvalue weighted by Gasteiger charge is 2.14. The van der Waals surface area contributed by atoms with E-state index in [0.29, 0.717) is 6.79 Å². The number of ether oxygens (including phenoxy) is 2. The van der Waals surface area contributed by atoms with Crippen LogP contribution in [0.2, 0.25) is 0 Å². The maximum absolute atomic E-state index is 5.19. The number of allylic oxidation sites excluding steroid dienone is 3. The van der Waals surface area contributed by atoms with E-state index < -0.39 is 0 Å². The van der Waals surface area contributed by atoms with Crippen LogP contribution < -0.4 is 0 Å². The lowest BCUT2D eigenvalue weighted by Crippen LogP contribution is -1.85. The van der Waals surface area contributed by atoms with Crippen LogP contribution in [0.1, 0.15) is 13.8 Å². The smallest absolute Gasteiger partial charge is 0.231 e. The molecule has 1 heterocycles. The minimum absolute atomic E-state index is 0.307. The molecule has 2 heteroatoms. The van der Waals surface area contributed by atoms with Gasteiger partial charge in [-0.15, -0.1) is 0 Å². The van der Waals surface area contributed by atoms with Gasteiger partial charge in [-0.25, -0.2) is 0 Å². The first-order valence-corrected chi connectivity index (χ1v) is 3.54. The summed E-state index contributed by atoms with van der Waals surface area (Å²) in [5.74, 6) is 1.54. The van der Waals surface area contributed by atoms with Gasteiger partial charge >= 0.3 is 0 Å². The topological polar surface area (TPSA) is 18.5 Å². The molecule has 0 saturated carbocycles. The van der Waals surface area contributed by atoms with Crippen LogP contribution in [-0.4, -0.2) is 6.79 Å². The molecule has 0 radical (unpaired) electrons. The molecule has 1 aliphatic rings. The summed E-state index contributed by atoms with van der Waals surface area (Å²) < 4.78 is 10.4. The summed E-state index contributed by atoms with van der Waals surface area (Å²) >= 11 is 0. The van der Waals surface area contributed by atoms with Gasteiger partial charge in [-0.1, -0.05) is 12.7 Å². The van der Waals surface area contributed by atoms with Gasteiger partial charge < -0.3 is 9.47 Å². The molecule has 0 fully saturated rings. The predicted molar refractivity (Wildman–Crippen MR) is 43.7 cm³/mol. The molecule has 0 saturated heterocycles. The summed E-state index contributed by atoms with van der Waals surface area (Å²) in [6.45, 7) is 7.91. The summed E-state index contributed by atoms with van der Waals surface area (Å²) in [7, 11) is 0. The molecule has 0 aromatic carbocycles. The normalized spacial score (nSPS) is 16.9. The maximum atomic E-state index is 5.19. The Bertz CT molecular complexity index is 224. The third kappa shape index (κ3) is 1.64.